The van der Waals surface area contributed by atoms with Crippen molar-refractivity contribution in [3.63, 3.8) is 0 Å². The molecular formula is C10H9ClN2O3. The molecule has 1 saturated heterocycles. The zero-order valence-electron chi connectivity index (χ0n) is 8.49. The highest BCUT2D eigenvalue weighted by molar-refractivity contribution is 6.32. The number of halogens is 1. The van der Waals surface area contributed by atoms with Crippen LogP contribution in [0.2, 0.25) is 5.02 Å². The number of anilines is 1. The molecule has 6 heteroatoms. The summed E-state index contributed by atoms with van der Waals surface area (Å²) in [5.41, 5.74) is 0.436. The number of hydrogen-bond donors (Lipinski definition) is 1. The summed E-state index contributed by atoms with van der Waals surface area (Å²) in [6.07, 6.45) is 0. The number of nitrogens with one attached hydrogen (secondary N) is 1. The molecule has 0 spiro atoms. The minimum absolute atomic E-state index is 0.0164. The number of amides is 3. The lowest BCUT2D eigenvalue weighted by Crippen LogP contribution is -2.30. The average molecular weight is 241 g/mol. The number of urea groups is 1. The molecule has 1 aliphatic heterocycles. The van der Waals surface area contributed by atoms with Gasteiger partial charge in [-0.2, -0.15) is 0 Å². The highest BCUT2D eigenvalue weighted by Crippen LogP contribution is 2.29. The lowest BCUT2D eigenvalue weighted by molar-refractivity contribution is -0.115. The molecule has 0 atom stereocenters. The number of rotatable bonds is 2. The fraction of sp³-hybridized carbons (Fsp3) is 0.200. The number of carbonyl (C=O) groups excluding carboxylic acids is 2. The van der Waals surface area contributed by atoms with Gasteiger partial charge in [0.2, 0.25) is 0 Å². The molecule has 1 aromatic carbocycles. The number of carbonyl (C=O) groups is 2. The topological polar surface area (TPSA) is 58.6 Å². The summed E-state index contributed by atoms with van der Waals surface area (Å²) in [4.78, 5) is 23.8. The van der Waals surface area contributed by atoms with Crippen LogP contribution in [0.1, 0.15) is 0 Å². The summed E-state index contributed by atoms with van der Waals surface area (Å²) in [5, 5.41) is 2.78. The molecule has 0 aromatic heterocycles. The Labute approximate surface area is 96.9 Å². The van der Waals surface area contributed by atoms with E-state index in [0.717, 1.165) is 4.90 Å². The predicted molar refractivity (Wildman–Crippen MR) is 58.9 cm³/mol. The van der Waals surface area contributed by atoms with E-state index >= 15 is 0 Å². The molecule has 0 unspecified atom stereocenters. The van der Waals surface area contributed by atoms with Crippen molar-refractivity contribution in [1.82, 2.24) is 5.32 Å². The van der Waals surface area contributed by atoms with E-state index in [2.05, 4.69) is 5.32 Å². The van der Waals surface area contributed by atoms with Crippen molar-refractivity contribution in [3.05, 3.63) is 23.2 Å². The summed E-state index contributed by atoms with van der Waals surface area (Å²) in [6, 6.07) is 4.29. The van der Waals surface area contributed by atoms with Crippen molar-refractivity contribution in [1.29, 1.82) is 0 Å². The molecule has 0 saturated carbocycles. The molecule has 2 rings (SSSR count). The predicted octanol–water partition coefficient (Wildman–Crippen LogP) is 1.40. The van der Waals surface area contributed by atoms with Gasteiger partial charge in [-0.15, -0.1) is 0 Å². The van der Waals surface area contributed by atoms with Gasteiger partial charge in [-0.25, -0.2) is 9.69 Å². The Morgan fingerprint density at radius 3 is 2.69 bits per heavy atom. The molecule has 1 N–H and O–H groups in total. The normalized spacial score (nSPS) is 15.2. The number of imide groups is 1. The molecule has 1 fully saturated rings. The number of benzene rings is 1. The summed E-state index contributed by atoms with van der Waals surface area (Å²) in [5.74, 6) is 0.198. The van der Waals surface area contributed by atoms with Crippen molar-refractivity contribution in [2.45, 2.75) is 0 Å². The van der Waals surface area contributed by atoms with E-state index in [1.54, 1.807) is 12.1 Å². The highest BCUT2D eigenvalue weighted by atomic mass is 35.5. The Hall–Kier alpha value is -1.75. The molecular weight excluding hydrogens is 232 g/mol. The van der Waals surface area contributed by atoms with Gasteiger partial charge in [0.25, 0.3) is 5.91 Å². The summed E-state index contributed by atoms with van der Waals surface area (Å²) in [6.45, 7) is 0.0164. The first-order chi connectivity index (χ1) is 7.63. The largest absolute Gasteiger partial charge is 0.495 e. The van der Waals surface area contributed by atoms with Crippen LogP contribution in [-0.4, -0.2) is 25.6 Å². The van der Waals surface area contributed by atoms with Crippen LogP contribution in [0, 0.1) is 0 Å². The molecule has 16 heavy (non-hydrogen) atoms. The Morgan fingerprint density at radius 2 is 2.19 bits per heavy atom. The van der Waals surface area contributed by atoms with Crippen LogP contribution in [0.3, 0.4) is 0 Å². The van der Waals surface area contributed by atoms with Gasteiger partial charge in [0.05, 0.1) is 24.4 Å². The molecule has 0 radical (unpaired) electrons. The summed E-state index contributed by atoms with van der Waals surface area (Å²) in [7, 11) is 1.49. The van der Waals surface area contributed by atoms with Gasteiger partial charge in [0.15, 0.2) is 0 Å². The van der Waals surface area contributed by atoms with Crippen LogP contribution in [0.15, 0.2) is 18.2 Å². The van der Waals surface area contributed by atoms with Crippen LogP contribution in [0.25, 0.3) is 0 Å². The molecule has 0 aliphatic carbocycles. The first-order valence-corrected chi connectivity index (χ1v) is 4.95. The Balaban J connectivity index is 2.37. The third-order valence-electron chi connectivity index (χ3n) is 2.24. The maximum atomic E-state index is 11.4. The Morgan fingerprint density at radius 1 is 1.44 bits per heavy atom. The number of methoxy groups -OCH3 is 1. The molecule has 3 amide bonds. The first kappa shape index (κ1) is 10.8. The van der Waals surface area contributed by atoms with Gasteiger partial charge >= 0.3 is 6.03 Å². The van der Waals surface area contributed by atoms with Gasteiger partial charge in [-0.3, -0.25) is 4.79 Å². The maximum Gasteiger partial charge on any atom is 0.329 e. The van der Waals surface area contributed by atoms with Crippen molar-refractivity contribution in [2.75, 3.05) is 18.6 Å². The molecule has 0 bridgehead atoms. The quantitative estimate of drug-likeness (QED) is 0.795. The summed E-state index contributed by atoms with van der Waals surface area (Å²) < 4.78 is 4.98. The van der Waals surface area contributed by atoms with Crippen LogP contribution >= 0.6 is 11.6 Å². The van der Waals surface area contributed by atoms with E-state index in [1.165, 1.54) is 13.2 Å². The number of hydrogen-bond acceptors (Lipinski definition) is 3. The van der Waals surface area contributed by atoms with Crippen molar-refractivity contribution in [3.8, 4) is 5.75 Å². The number of ether oxygens (including phenoxy) is 1. The van der Waals surface area contributed by atoms with E-state index in [-0.39, 0.29) is 12.5 Å². The minimum atomic E-state index is -0.439. The zero-order valence-corrected chi connectivity index (χ0v) is 9.25. The summed E-state index contributed by atoms with van der Waals surface area (Å²) >= 11 is 5.91. The third-order valence-corrected chi connectivity index (χ3v) is 2.53. The maximum absolute atomic E-state index is 11.4. The van der Waals surface area contributed by atoms with Crippen molar-refractivity contribution < 1.29 is 14.3 Å². The van der Waals surface area contributed by atoms with Crippen molar-refractivity contribution in [2.24, 2.45) is 0 Å². The fourth-order valence-electron chi connectivity index (χ4n) is 1.48. The second-order valence-electron chi connectivity index (χ2n) is 3.21. The zero-order chi connectivity index (χ0) is 11.7. The van der Waals surface area contributed by atoms with E-state index in [0.29, 0.717) is 16.5 Å². The average Bonchev–Trinajstić information content (AvgIpc) is 2.58. The van der Waals surface area contributed by atoms with Crippen LogP contribution in [-0.2, 0) is 4.79 Å². The van der Waals surface area contributed by atoms with Crippen molar-refractivity contribution >= 4 is 29.2 Å². The highest BCUT2D eigenvalue weighted by Gasteiger charge is 2.30. The van der Waals surface area contributed by atoms with Gasteiger partial charge in [0, 0.05) is 0 Å². The first-order valence-electron chi connectivity index (χ1n) is 4.58. The van der Waals surface area contributed by atoms with Crippen LogP contribution in [0.4, 0.5) is 10.5 Å². The lowest BCUT2D eigenvalue weighted by Gasteiger charge is -2.13. The Bertz CT molecular complexity index is 445. The van der Waals surface area contributed by atoms with Gasteiger partial charge in [-0.1, -0.05) is 11.6 Å². The van der Waals surface area contributed by atoms with Gasteiger partial charge in [-0.05, 0) is 18.2 Å². The third kappa shape index (κ3) is 1.69. The monoisotopic (exact) mass is 240 g/mol. The minimum Gasteiger partial charge on any atom is -0.495 e. The van der Waals surface area contributed by atoms with Crippen LogP contribution in [0.5, 0.6) is 5.75 Å². The molecule has 1 aromatic rings. The van der Waals surface area contributed by atoms with Gasteiger partial charge in [0.1, 0.15) is 5.75 Å². The van der Waals surface area contributed by atoms with E-state index in [4.69, 9.17) is 16.3 Å². The molecule has 5 nitrogen and oxygen atoms in total. The Kier molecular flexibility index (Phi) is 2.70. The van der Waals surface area contributed by atoms with E-state index in [9.17, 15) is 9.59 Å². The lowest BCUT2D eigenvalue weighted by atomic mass is 10.3. The smallest absolute Gasteiger partial charge is 0.329 e. The second-order valence-corrected chi connectivity index (χ2v) is 3.61. The van der Waals surface area contributed by atoms with E-state index in [1.807, 2.05) is 0 Å². The van der Waals surface area contributed by atoms with E-state index < -0.39 is 6.03 Å². The molecule has 1 aliphatic rings. The molecule has 84 valence electrons. The standard InChI is InChI=1S/C10H9ClN2O3/c1-16-8-3-2-6(4-7(8)11)13-9(14)5-12-10(13)15/h2-4H,5H2,1H3,(H,12,15). The second kappa shape index (κ2) is 4.02. The molecule has 1 heterocycles. The fourth-order valence-corrected chi connectivity index (χ4v) is 1.73. The number of nitrogens with zero attached hydrogens (tertiary/aromatic N) is 1. The van der Waals surface area contributed by atoms with Crippen LogP contribution < -0.4 is 15.0 Å². The van der Waals surface area contributed by atoms with Gasteiger partial charge < -0.3 is 10.1 Å². The SMILES string of the molecule is COc1ccc(N2C(=O)CNC2=O)cc1Cl.